The van der Waals surface area contributed by atoms with E-state index < -0.39 is 11.7 Å². The van der Waals surface area contributed by atoms with E-state index in [0.717, 1.165) is 0 Å². The number of benzene rings is 3. The summed E-state index contributed by atoms with van der Waals surface area (Å²) in [4.78, 5) is 25.6. The van der Waals surface area contributed by atoms with Gasteiger partial charge in [0, 0.05) is 5.56 Å². The Morgan fingerprint density at radius 1 is 0.852 bits per heavy atom. The van der Waals surface area contributed by atoms with Gasteiger partial charge in [-0.05, 0) is 42.0 Å². The van der Waals surface area contributed by atoms with E-state index in [4.69, 9.17) is 4.42 Å². The highest BCUT2D eigenvalue weighted by Gasteiger charge is 2.18. The smallest absolute Gasteiger partial charge is 0.257 e. The first-order chi connectivity index (χ1) is 13.1. The van der Waals surface area contributed by atoms with Gasteiger partial charge in [-0.3, -0.25) is 14.9 Å². The summed E-state index contributed by atoms with van der Waals surface area (Å²) in [6, 6.07) is 21.0. The van der Waals surface area contributed by atoms with Crippen molar-refractivity contribution in [2.45, 2.75) is 0 Å². The summed E-state index contributed by atoms with van der Waals surface area (Å²) in [5.41, 5.74) is 1.29. The molecule has 1 amide bonds. The molecular formula is C22H14FNO3. The van der Waals surface area contributed by atoms with Gasteiger partial charge < -0.3 is 4.42 Å². The number of rotatable bonds is 3. The maximum atomic E-state index is 13.1. The standard InChI is InChI=1S/C22H14FNO3/c23-16-12-10-15(11-13-16)21(26)24-22-19(14-6-2-1-3-7-14)20(25)17-8-4-5-9-18(17)27-22/h1-13H,(H,24,26). The summed E-state index contributed by atoms with van der Waals surface area (Å²) >= 11 is 0. The molecule has 1 aromatic heterocycles. The number of hydrogen-bond donors (Lipinski definition) is 1. The summed E-state index contributed by atoms with van der Waals surface area (Å²) in [7, 11) is 0. The quantitative estimate of drug-likeness (QED) is 0.569. The molecule has 0 saturated carbocycles. The number of carbonyl (C=O) groups is 1. The number of amides is 1. The minimum Gasteiger partial charge on any atom is -0.439 e. The minimum atomic E-state index is -0.495. The first-order valence-electron chi connectivity index (χ1n) is 8.31. The van der Waals surface area contributed by atoms with Crippen LogP contribution in [0.4, 0.5) is 10.3 Å². The van der Waals surface area contributed by atoms with Crippen molar-refractivity contribution >= 4 is 22.8 Å². The fourth-order valence-electron chi connectivity index (χ4n) is 2.87. The molecule has 0 saturated heterocycles. The lowest BCUT2D eigenvalue weighted by atomic mass is 10.0. The average molecular weight is 359 g/mol. The lowest BCUT2D eigenvalue weighted by molar-refractivity contribution is 0.102. The summed E-state index contributed by atoms with van der Waals surface area (Å²) in [5, 5.41) is 3.08. The summed E-state index contributed by atoms with van der Waals surface area (Å²) in [6.45, 7) is 0. The van der Waals surface area contributed by atoms with Crippen LogP contribution in [0.1, 0.15) is 10.4 Å². The highest BCUT2D eigenvalue weighted by Crippen LogP contribution is 2.28. The zero-order valence-electron chi connectivity index (χ0n) is 14.1. The van der Waals surface area contributed by atoms with Gasteiger partial charge in [-0.1, -0.05) is 42.5 Å². The molecule has 0 bridgehead atoms. The van der Waals surface area contributed by atoms with Crippen molar-refractivity contribution in [3.8, 4) is 11.1 Å². The van der Waals surface area contributed by atoms with E-state index in [1.165, 1.54) is 24.3 Å². The number of para-hydroxylation sites is 1. The van der Waals surface area contributed by atoms with Crippen LogP contribution in [-0.4, -0.2) is 5.91 Å². The number of nitrogens with one attached hydrogen (secondary N) is 1. The fourth-order valence-corrected chi connectivity index (χ4v) is 2.87. The molecule has 4 nitrogen and oxygen atoms in total. The molecule has 1 heterocycles. The van der Waals surface area contributed by atoms with Gasteiger partial charge in [0.25, 0.3) is 5.91 Å². The van der Waals surface area contributed by atoms with E-state index in [9.17, 15) is 14.0 Å². The van der Waals surface area contributed by atoms with Crippen LogP contribution in [0.15, 0.2) is 88.1 Å². The molecule has 0 spiro atoms. The van der Waals surface area contributed by atoms with Crippen molar-refractivity contribution in [1.29, 1.82) is 0 Å². The molecule has 3 aromatic carbocycles. The van der Waals surface area contributed by atoms with Gasteiger partial charge in [-0.25, -0.2) is 4.39 Å². The van der Waals surface area contributed by atoms with Crippen molar-refractivity contribution < 1.29 is 13.6 Å². The zero-order chi connectivity index (χ0) is 18.8. The third-order valence-electron chi connectivity index (χ3n) is 4.19. The van der Waals surface area contributed by atoms with Gasteiger partial charge in [0.2, 0.25) is 11.3 Å². The number of hydrogen-bond acceptors (Lipinski definition) is 3. The molecule has 0 aliphatic heterocycles. The molecule has 0 aliphatic rings. The predicted molar refractivity (Wildman–Crippen MR) is 102 cm³/mol. The van der Waals surface area contributed by atoms with Crippen LogP contribution >= 0.6 is 0 Å². The van der Waals surface area contributed by atoms with Crippen LogP contribution in [0.2, 0.25) is 0 Å². The first kappa shape index (κ1) is 16.7. The van der Waals surface area contributed by atoms with E-state index in [-0.39, 0.29) is 22.4 Å². The zero-order valence-corrected chi connectivity index (χ0v) is 14.1. The van der Waals surface area contributed by atoms with Crippen molar-refractivity contribution in [2.75, 3.05) is 5.32 Å². The van der Waals surface area contributed by atoms with Crippen LogP contribution in [0.3, 0.4) is 0 Å². The Kier molecular flexibility index (Phi) is 4.26. The topological polar surface area (TPSA) is 59.3 Å². The maximum absolute atomic E-state index is 13.1. The Bertz CT molecular complexity index is 1180. The van der Waals surface area contributed by atoms with E-state index in [1.54, 1.807) is 48.5 Å². The highest BCUT2D eigenvalue weighted by molar-refractivity contribution is 6.05. The SMILES string of the molecule is O=C(Nc1oc2ccccc2c(=O)c1-c1ccccc1)c1ccc(F)cc1. The Morgan fingerprint density at radius 3 is 2.26 bits per heavy atom. The largest absolute Gasteiger partial charge is 0.439 e. The lowest BCUT2D eigenvalue weighted by Crippen LogP contribution is -2.16. The Labute approximate surface area is 153 Å². The average Bonchev–Trinajstić information content (AvgIpc) is 2.69. The van der Waals surface area contributed by atoms with E-state index in [0.29, 0.717) is 16.5 Å². The summed E-state index contributed by atoms with van der Waals surface area (Å²) in [6.07, 6.45) is 0. The third-order valence-corrected chi connectivity index (χ3v) is 4.19. The third kappa shape index (κ3) is 3.22. The molecule has 0 radical (unpaired) electrons. The fraction of sp³-hybridized carbons (Fsp3) is 0. The molecule has 0 aliphatic carbocycles. The van der Waals surface area contributed by atoms with Crippen LogP contribution in [0, 0.1) is 5.82 Å². The van der Waals surface area contributed by atoms with Gasteiger partial charge in [0.1, 0.15) is 11.4 Å². The monoisotopic (exact) mass is 359 g/mol. The molecule has 1 N–H and O–H groups in total. The Balaban J connectivity index is 1.87. The van der Waals surface area contributed by atoms with Gasteiger partial charge in [-0.15, -0.1) is 0 Å². The van der Waals surface area contributed by atoms with Crippen molar-refractivity contribution in [1.82, 2.24) is 0 Å². The van der Waals surface area contributed by atoms with Crippen LogP contribution in [0.5, 0.6) is 0 Å². The van der Waals surface area contributed by atoms with E-state index in [1.807, 2.05) is 6.07 Å². The number of carbonyl (C=O) groups excluding carboxylic acids is 1. The minimum absolute atomic E-state index is 0.0548. The molecule has 27 heavy (non-hydrogen) atoms. The van der Waals surface area contributed by atoms with E-state index >= 15 is 0 Å². The number of halogens is 1. The molecule has 0 atom stereocenters. The normalized spacial score (nSPS) is 10.7. The summed E-state index contributed by atoms with van der Waals surface area (Å²) in [5.74, 6) is -0.876. The van der Waals surface area contributed by atoms with E-state index in [2.05, 4.69) is 5.32 Å². The van der Waals surface area contributed by atoms with Gasteiger partial charge in [0.15, 0.2) is 0 Å². The maximum Gasteiger partial charge on any atom is 0.257 e. The summed E-state index contributed by atoms with van der Waals surface area (Å²) < 4.78 is 18.9. The van der Waals surface area contributed by atoms with Crippen molar-refractivity contribution in [2.24, 2.45) is 0 Å². The van der Waals surface area contributed by atoms with Crippen LogP contribution in [0.25, 0.3) is 22.1 Å². The van der Waals surface area contributed by atoms with Crippen LogP contribution < -0.4 is 10.7 Å². The second-order valence-electron chi connectivity index (χ2n) is 5.96. The second-order valence-corrected chi connectivity index (χ2v) is 5.96. The second kappa shape index (κ2) is 6.88. The molecule has 0 fully saturated rings. The van der Waals surface area contributed by atoms with Gasteiger partial charge in [0.05, 0.1) is 10.9 Å². The predicted octanol–water partition coefficient (Wildman–Crippen LogP) is 4.85. The number of fused-ring (bicyclic) bond motifs is 1. The molecular weight excluding hydrogens is 345 g/mol. The lowest BCUT2D eigenvalue weighted by Gasteiger charge is -2.11. The Morgan fingerprint density at radius 2 is 1.52 bits per heavy atom. The van der Waals surface area contributed by atoms with Gasteiger partial charge >= 0.3 is 0 Å². The highest BCUT2D eigenvalue weighted by atomic mass is 19.1. The Hall–Kier alpha value is -3.73. The molecule has 4 rings (SSSR count). The van der Waals surface area contributed by atoms with Crippen molar-refractivity contribution in [3.63, 3.8) is 0 Å². The molecule has 4 aromatic rings. The van der Waals surface area contributed by atoms with Gasteiger partial charge in [-0.2, -0.15) is 0 Å². The van der Waals surface area contributed by atoms with Crippen LogP contribution in [-0.2, 0) is 0 Å². The van der Waals surface area contributed by atoms with Crippen molar-refractivity contribution in [3.05, 3.63) is 100 Å². The first-order valence-corrected chi connectivity index (χ1v) is 8.31. The molecule has 132 valence electrons. The molecule has 0 unspecified atom stereocenters. The molecule has 5 heteroatoms. The number of anilines is 1.